The van der Waals surface area contributed by atoms with Crippen LogP contribution in [0.5, 0.6) is 5.75 Å². The van der Waals surface area contributed by atoms with Crippen molar-refractivity contribution in [2.75, 3.05) is 7.11 Å². The van der Waals surface area contributed by atoms with Gasteiger partial charge >= 0.3 is 0 Å². The molecule has 1 heteroatoms. The van der Waals surface area contributed by atoms with Gasteiger partial charge in [-0.3, -0.25) is 0 Å². The number of methoxy groups -OCH3 is 1. The summed E-state index contributed by atoms with van der Waals surface area (Å²) in [6, 6.07) is 8.54. The molecule has 2 atom stereocenters. The van der Waals surface area contributed by atoms with Gasteiger partial charge in [-0.1, -0.05) is 24.6 Å². The van der Waals surface area contributed by atoms with Crippen molar-refractivity contribution in [1.29, 1.82) is 0 Å². The highest BCUT2D eigenvalue weighted by atomic mass is 16.5. The van der Waals surface area contributed by atoms with Gasteiger partial charge in [0.15, 0.2) is 0 Å². The molecule has 2 aliphatic carbocycles. The SMILES string of the molecule is COc1ccc(C2=CC3CCCC2C3)cc1. The summed E-state index contributed by atoms with van der Waals surface area (Å²) in [6.45, 7) is 0. The van der Waals surface area contributed by atoms with E-state index < -0.39 is 0 Å². The van der Waals surface area contributed by atoms with Gasteiger partial charge < -0.3 is 4.74 Å². The van der Waals surface area contributed by atoms with Gasteiger partial charge in [0.2, 0.25) is 0 Å². The van der Waals surface area contributed by atoms with Crippen LogP contribution in [-0.4, -0.2) is 7.11 Å². The van der Waals surface area contributed by atoms with Crippen molar-refractivity contribution in [1.82, 2.24) is 0 Å². The Hall–Kier alpha value is -1.24. The summed E-state index contributed by atoms with van der Waals surface area (Å²) in [5.74, 6) is 2.63. The third-order valence-corrected chi connectivity index (χ3v) is 3.99. The minimum absolute atomic E-state index is 0.826. The predicted molar refractivity (Wildman–Crippen MR) is 66.4 cm³/mol. The van der Waals surface area contributed by atoms with Gasteiger partial charge in [-0.25, -0.2) is 0 Å². The molecule has 1 nitrogen and oxygen atoms in total. The molecular formula is C15H18O. The number of fused-ring (bicyclic) bond motifs is 2. The third kappa shape index (κ3) is 1.64. The van der Waals surface area contributed by atoms with E-state index in [1.54, 1.807) is 12.7 Å². The van der Waals surface area contributed by atoms with E-state index in [0.717, 1.165) is 17.6 Å². The lowest BCUT2D eigenvalue weighted by Gasteiger charge is -2.20. The van der Waals surface area contributed by atoms with Crippen molar-refractivity contribution >= 4 is 5.57 Å². The Labute approximate surface area is 97.1 Å². The standard InChI is InChI=1S/C15H18O/c1-16-14-7-5-12(6-8-14)15-10-11-3-2-4-13(15)9-11/h5-8,10-11,13H,2-4,9H2,1H3. The Bertz CT molecular complexity index is 402. The molecule has 84 valence electrons. The fourth-order valence-corrected chi connectivity index (χ4v) is 3.17. The number of hydrogen-bond donors (Lipinski definition) is 0. The fraction of sp³-hybridized carbons (Fsp3) is 0.467. The summed E-state index contributed by atoms with van der Waals surface area (Å²) < 4.78 is 5.20. The van der Waals surface area contributed by atoms with Crippen molar-refractivity contribution < 1.29 is 4.74 Å². The van der Waals surface area contributed by atoms with E-state index in [0.29, 0.717) is 0 Å². The largest absolute Gasteiger partial charge is 0.497 e. The number of ether oxygens (including phenoxy) is 1. The van der Waals surface area contributed by atoms with E-state index in [4.69, 9.17) is 4.74 Å². The summed E-state index contributed by atoms with van der Waals surface area (Å²) in [4.78, 5) is 0. The second kappa shape index (κ2) is 3.97. The van der Waals surface area contributed by atoms with Crippen molar-refractivity contribution in [3.05, 3.63) is 35.9 Å². The molecule has 0 spiro atoms. The zero-order valence-corrected chi connectivity index (χ0v) is 9.78. The lowest BCUT2D eigenvalue weighted by atomic mass is 9.84. The lowest BCUT2D eigenvalue weighted by molar-refractivity contribution is 0.387. The van der Waals surface area contributed by atoms with Gasteiger partial charge in [0.1, 0.15) is 5.75 Å². The molecule has 0 amide bonds. The van der Waals surface area contributed by atoms with Gasteiger partial charge in [-0.2, -0.15) is 0 Å². The molecule has 3 rings (SSSR count). The predicted octanol–water partition coefficient (Wildman–Crippen LogP) is 3.90. The first-order valence-electron chi connectivity index (χ1n) is 6.23. The quantitative estimate of drug-likeness (QED) is 0.725. The summed E-state index contributed by atoms with van der Waals surface area (Å²) in [5.41, 5.74) is 2.99. The lowest BCUT2D eigenvalue weighted by Crippen LogP contribution is -2.07. The summed E-state index contributed by atoms with van der Waals surface area (Å²) in [6.07, 6.45) is 8.09. The summed E-state index contributed by atoms with van der Waals surface area (Å²) >= 11 is 0. The van der Waals surface area contributed by atoms with Crippen LogP contribution in [0, 0.1) is 11.8 Å². The van der Waals surface area contributed by atoms with Gasteiger partial charge in [0.05, 0.1) is 7.11 Å². The Morgan fingerprint density at radius 2 is 1.94 bits per heavy atom. The molecule has 0 aliphatic heterocycles. The molecule has 0 N–H and O–H groups in total. The van der Waals surface area contributed by atoms with Crippen LogP contribution >= 0.6 is 0 Å². The smallest absolute Gasteiger partial charge is 0.118 e. The molecule has 2 unspecified atom stereocenters. The van der Waals surface area contributed by atoms with Gasteiger partial charge in [0.25, 0.3) is 0 Å². The van der Waals surface area contributed by atoms with E-state index in [-0.39, 0.29) is 0 Å². The van der Waals surface area contributed by atoms with Crippen LogP contribution in [0.4, 0.5) is 0 Å². The number of benzene rings is 1. The van der Waals surface area contributed by atoms with Crippen LogP contribution in [0.3, 0.4) is 0 Å². The molecule has 2 aliphatic rings. The average molecular weight is 214 g/mol. The van der Waals surface area contributed by atoms with Crippen LogP contribution in [0.15, 0.2) is 30.3 Å². The second-order valence-electron chi connectivity index (χ2n) is 4.97. The molecule has 1 fully saturated rings. The maximum Gasteiger partial charge on any atom is 0.118 e. The highest BCUT2D eigenvalue weighted by molar-refractivity contribution is 5.70. The van der Waals surface area contributed by atoms with Crippen molar-refractivity contribution in [3.8, 4) is 5.75 Å². The Morgan fingerprint density at radius 3 is 2.62 bits per heavy atom. The van der Waals surface area contributed by atoms with Crippen molar-refractivity contribution in [2.24, 2.45) is 11.8 Å². The van der Waals surface area contributed by atoms with Crippen LogP contribution in [0.25, 0.3) is 5.57 Å². The van der Waals surface area contributed by atoms with Crippen molar-refractivity contribution in [2.45, 2.75) is 25.7 Å². The molecule has 0 heterocycles. The normalized spacial score (nSPS) is 27.7. The molecule has 0 radical (unpaired) electrons. The molecule has 1 aromatic rings. The number of allylic oxidation sites excluding steroid dienone is 2. The number of hydrogen-bond acceptors (Lipinski definition) is 1. The number of rotatable bonds is 2. The molecule has 16 heavy (non-hydrogen) atoms. The maximum absolute atomic E-state index is 5.20. The van der Waals surface area contributed by atoms with E-state index >= 15 is 0 Å². The first kappa shape index (κ1) is 9.95. The van der Waals surface area contributed by atoms with E-state index in [2.05, 4.69) is 30.3 Å². The van der Waals surface area contributed by atoms with Gasteiger partial charge in [-0.05, 0) is 54.4 Å². The Balaban J connectivity index is 1.89. The van der Waals surface area contributed by atoms with Crippen LogP contribution in [0.1, 0.15) is 31.2 Å². The average Bonchev–Trinajstić information content (AvgIpc) is 2.64. The van der Waals surface area contributed by atoms with Crippen LogP contribution < -0.4 is 4.74 Å². The molecule has 0 aromatic heterocycles. The highest BCUT2D eigenvalue weighted by Crippen LogP contribution is 2.45. The van der Waals surface area contributed by atoms with E-state index in [1.165, 1.54) is 31.2 Å². The monoisotopic (exact) mass is 214 g/mol. The molecule has 0 saturated heterocycles. The Morgan fingerprint density at radius 1 is 1.12 bits per heavy atom. The van der Waals surface area contributed by atoms with E-state index in [1.807, 2.05) is 0 Å². The van der Waals surface area contributed by atoms with Crippen LogP contribution in [0.2, 0.25) is 0 Å². The molecule has 1 aromatic carbocycles. The molecule has 1 saturated carbocycles. The fourth-order valence-electron chi connectivity index (χ4n) is 3.17. The van der Waals surface area contributed by atoms with Crippen molar-refractivity contribution in [3.63, 3.8) is 0 Å². The maximum atomic E-state index is 5.20. The molecule has 2 bridgehead atoms. The third-order valence-electron chi connectivity index (χ3n) is 3.99. The second-order valence-corrected chi connectivity index (χ2v) is 4.97. The van der Waals surface area contributed by atoms with Gasteiger partial charge in [-0.15, -0.1) is 0 Å². The summed E-state index contributed by atoms with van der Waals surface area (Å²) in [7, 11) is 1.72. The minimum Gasteiger partial charge on any atom is -0.497 e. The zero-order chi connectivity index (χ0) is 11.0. The van der Waals surface area contributed by atoms with E-state index in [9.17, 15) is 0 Å². The van der Waals surface area contributed by atoms with Crippen LogP contribution in [-0.2, 0) is 0 Å². The first-order valence-corrected chi connectivity index (χ1v) is 6.23. The van der Waals surface area contributed by atoms with Gasteiger partial charge in [0, 0.05) is 0 Å². The first-order chi connectivity index (χ1) is 7.86. The summed E-state index contributed by atoms with van der Waals surface area (Å²) in [5, 5.41) is 0. The zero-order valence-electron chi connectivity index (χ0n) is 9.78. The Kier molecular flexibility index (Phi) is 2.47. The topological polar surface area (TPSA) is 9.23 Å². The molecular weight excluding hydrogens is 196 g/mol. The minimum atomic E-state index is 0.826. The highest BCUT2D eigenvalue weighted by Gasteiger charge is 2.30.